The van der Waals surface area contributed by atoms with Crippen molar-refractivity contribution in [3.05, 3.63) is 35.6 Å². The van der Waals surface area contributed by atoms with Crippen LogP contribution in [0.2, 0.25) is 0 Å². The lowest BCUT2D eigenvalue weighted by atomic mass is 10.0. The number of halogens is 2. The lowest BCUT2D eigenvalue weighted by molar-refractivity contribution is 0.0179. The molecule has 0 saturated carbocycles. The molecular formula is C22H37FIN5O. The third kappa shape index (κ3) is 8.28. The van der Waals surface area contributed by atoms with Crippen LogP contribution in [-0.2, 0) is 4.74 Å². The molecule has 2 N–H and O–H groups in total. The first kappa shape index (κ1) is 25.3. The van der Waals surface area contributed by atoms with Crippen molar-refractivity contribution in [2.75, 3.05) is 65.6 Å². The van der Waals surface area contributed by atoms with Crippen molar-refractivity contribution in [1.82, 2.24) is 20.4 Å². The molecule has 1 unspecified atom stereocenters. The van der Waals surface area contributed by atoms with Gasteiger partial charge in [-0.25, -0.2) is 4.39 Å². The number of rotatable bonds is 8. The Hall–Kier alpha value is -0.970. The Labute approximate surface area is 197 Å². The zero-order valence-corrected chi connectivity index (χ0v) is 20.4. The molecule has 0 bridgehead atoms. The van der Waals surface area contributed by atoms with Gasteiger partial charge in [0.2, 0.25) is 0 Å². The van der Waals surface area contributed by atoms with E-state index < -0.39 is 0 Å². The Bertz CT molecular complexity index is 618. The summed E-state index contributed by atoms with van der Waals surface area (Å²) in [6, 6.07) is 6.95. The zero-order valence-electron chi connectivity index (χ0n) is 18.1. The zero-order chi connectivity index (χ0) is 20.3. The van der Waals surface area contributed by atoms with Crippen LogP contribution < -0.4 is 10.6 Å². The molecule has 30 heavy (non-hydrogen) atoms. The number of hydrogen-bond donors (Lipinski definition) is 2. The van der Waals surface area contributed by atoms with Gasteiger partial charge in [-0.1, -0.05) is 18.6 Å². The van der Waals surface area contributed by atoms with E-state index in [1.54, 1.807) is 0 Å². The molecule has 2 fully saturated rings. The van der Waals surface area contributed by atoms with Gasteiger partial charge >= 0.3 is 0 Å². The minimum absolute atomic E-state index is 0. The SMILES string of the molecule is CCNC(=NCC(c1ccc(F)cc1)N1CCOCC1)NCCN1CCCCC1.I. The first-order valence-corrected chi connectivity index (χ1v) is 11.1. The van der Waals surface area contributed by atoms with Crippen LogP contribution >= 0.6 is 24.0 Å². The number of piperidine rings is 1. The summed E-state index contributed by atoms with van der Waals surface area (Å²) in [6.07, 6.45) is 3.99. The van der Waals surface area contributed by atoms with Crippen LogP contribution in [0.4, 0.5) is 4.39 Å². The highest BCUT2D eigenvalue weighted by Gasteiger charge is 2.22. The Morgan fingerprint density at radius 1 is 1.07 bits per heavy atom. The molecule has 170 valence electrons. The smallest absolute Gasteiger partial charge is 0.191 e. The second-order valence-corrected chi connectivity index (χ2v) is 7.76. The van der Waals surface area contributed by atoms with E-state index in [1.165, 1.54) is 44.5 Å². The van der Waals surface area contributed by atoms with Gasteiger partial charge in [0.1, 0.15) is 5.82 Å². The summed E-state index contributed by atoms with van der Waals surface area (Å²) in [4.78, 5) is 9.78. The fourth-order valence-electron chi connectivity index (χ4n) is 4.04. The number of guanidine groups is 1. The summed E-state index contributed by atoms with van der Waals surface area (Å²) < 4.78 is 18.9. The van der Waals surface area contributed by atoms with Gasteiger partial charge in [0, 0.05) is 32.7 Å². The minimum atomic E-state index is -0.203. The number of benzene rings is 1. The molecule has 0 aromatic heterocycles. The maximum Gasteiger partial charge on any atom is 0.191 e. The van der Waals surface area contributed by atoms with Crippen molar-refractivity contribution in [2.24, 2.45) is 4.99 Å². The van der Waals surface area contributed by atoms with Crippen LogP contribution in [0.5, 0.6) is 0 Å². The molecule has 0 amide bonds. The monoisotopic (exact) mass is 533 g/mol. The van der Waals surface area contributed by atoms with E-state index in [1.807, 2.05) is 12.1 Å². The van der Waals surface area contributed by atoms with E-state index in [0.717, 1.165) is 57.5 Å². The first-order valence-electron chi connectivity index (χ1n) is 11.1. The minimum Gasteiger partial charge on any atom is -0.379 e. The van der Waals surface area contributed by atoms with Crippen molar-refractivity contribution in [2.45, 2.75) is 32.2 Å². The van der Waals surface area contributed by atoms with Gasteiger partial charge < -0.3 is 20.3 Å². The van der Waals surface area contributed by atoms with Crippen LogP contribution in [0.3, 0.4) is 0 Å². The lowest BCUT2D eigenvalue weighted by Gasteiger charge is -2.34. The molecule has 1 atom stereocenters. The lowest BCUT2D eigenvalue weighted by Crippen LogP contribution is -2.44. The van der Waals surface area contributed by atoms with E-state index in [4.69, 9.17) is 9.73 Å². The molecule has 3 rings (SSSR count). The van der Waals surface area contributed by atoms with Crippen LogP contribution in [0.25, 0.3) is 0 Å². The van der Waals surface area contributed by atoms with E-state index in [0.29, 0.717) is 6.54 Å². The largest absolute Gasteiger partial charge is 0.379 e. The van der Waals surface area contributed by atoms with Crippen LogP contribution in [0.1, 0.15) is 37.8 Å². The third-order valence-electron chi connectivity index (χ3n) is 5.68. The molecular weight excluding hydrogens is 496 g/mol. The summed E-state index contributed by atoms with van der Waals surface area (Å²) in [5, 5.41) is 6.84. The predicted octanol–water partition coefficient (Wildman–Crippen LogP) is 2.86. The molecule has 0 radical (unpaired) electrons. The van der Waals surface area contributed by atoms with Crippen LogP contribution in [0, 0.1) is 5.82 Å². The standard InChI is InChI=1S/C22H36FN5O.HI/c1-2-24-22(25-10-13-27-11-4-3-5-12-27)26-18-21(28-14-16-29-17-15-28)19-6-8-20(23)9-7-19;/h6-9,21H,2-5,10-18H2,1H3,(H2,24,25,26);1H. The predicted molar refractivity (Wildman–Crippen MR) is 131 cm³/mol. The maximum absolute atomic E-state index is 13.4. The summed E-state index contributed by atoms with van der Waals surface area (Å²) >= 11 is 0. The summed E-state index contributed by atoms with van der Waals surface area (Å²) in [6.45, 7) is 11.1. The molecule has 2 saturated heterocycles. The number of hydrogen-bond acceptors (Lipinski definition) is 4. The van der Waals surface area contributed by atoms with E-state index in [2.05, 4.69) is 27.4 Å². The second kappa shape index (κ2) is 14.2. The van der Waals surface area contributed by atoms with Gasteiger partial charge in [-0.15, -0.1) is 24.0 Å². The fourth-order valence-corrected chi connectivity index (χ4v) is 4.04. The van der Waals surface area contributed by atoms with Gasteiger partial charge in [0.25, 0.3) is 0 Å². The average Bonchev–Trinajstić information content (AvgIpc) is 2.76. The highest BCUT2D eigenvalue weighted by Crippen LogP contribution is 2.22. The van der Waals surface area contributed by atoms with Gasteiger partial charge in [-0.3, -0.25) is 9.89 Å². The maximum atomic E-state index is 13.4. The van der Waals surface area contributed by atoms with Crippen molar-refractivity contribution >= 4 is 29.9 Å². The van der Waals surface area contributed by atoms with Gasteiger partial charge in [-0.05, 0) is 50.6 Å². The van der Waals surface area contributed by atoms with E-state index >= 15 is 0 Å². The topological polar surface area (TPSA) is 52.1 Å². The fraction of sp³-hybridized carbons (Fsp3) is 0.682. The Balaban J connectivity index is 0.00000320. The van der Waals surface area contributed by atoms with Gasteiger partial charge in [0.05, 0.1) is 25.8 Å². The van der Waals surface area contributed by atoms with E-state index in [-0.39, 0.29) is 35.8 Å². The summed E-state index contributed by atoms with van der Waals surface area (Å²) in [5.41, 5.74) is 1.10. The van der Waals surface area contributed by atoms with Crippen molar-refractivity contribution in [3.63, 3.8) is 0 Å². The number of nitrogens with one attached hydrogen (secondary N) is 2. The normalized spacial score (nSPS) is 19.7. The van der Waals surface area contributed by atoms with Crippen molar-refractivity contribution in [3.8, 4) is 0 Å². The van der Waals surface area contributed by atoms with Crippen molar-refractivity contribution < 1.29 is 9.13 Å². The van der Waals surface area contributed by atoms with Crippen LogP contribution in [-0.4, -0.2) is 81.3 Å². The molecule has 8 heteroatoms. The molecule has 2 aliphatic heterocycles. The molecule has 1 aromatic carbocycles. The average molecular weight is 533 g/mol. The molecule has 0 spiro atoms. The van der Waals surface area contributed by atoms with E-state index in [9.17, 15) is 4.39 Å². The number of ether oxygens (including phenoxy) is 1. The van der Waals surface area contributed by atoms with Crippen LogP contribution in [0.15, 0.2) is 29.3 Å². The number of morpholine rings is 1. The molecule has 0 aliphatic carbocycles. The quantitative estimate of drug-likeness (QED) is 0.306. The number of likely N-dealkylation sites (tertiary alicyclic amines) is 1. The molecule has 6 nitrogen and oxygen atoms in total. The highest BCUT2D eigenvalue weighted by molar-refractivity contribution is 14.0. The first-order chi connectivity index (χ1) is 14.3. The highest BCUT2D eigenvalue weighted by atomic mass is 127. The third-order valence-corrected chi connectivity index (χ3v) is 5.68. The summed E-state index contributed by atoms with van der Waals surface area (Å²) in [5.74, 6) is 0.649. The van der Waals surface area contributed by atoms with Gasteiger partial charge in [-0.2, -0.15) is 0 Å². The molecule has 2 heterocycles. The Kier molecular flexibility index (Phi) is 11.9. The molecule has 2 aliphatic rings. The number of nitrogens with zero attached hydrogens (tertiary/aromatic N) is 3. The summed E-state index contributed by atoms with van der Waals surface area (Å²) in [7, 11) is 0. The second-order valence-electron chi connectivity index (χ2n) is 7.76. The molecule has 1 aromatic rings. The Morgan fingerprint density at radius 3 is 2.43 bits per heavy atom. The van der Waals surface area contributed by atoms with Crippen molar-refractivity contribution in [1.29, 1.82) is 0 Å². The van der Waals surface area contributed by atoms with Gasteiger partial charge in [0.15, 0.2) is 5.96 Å². The Morgan fingerprint density at radius 2 is 1.77 bits per heavy atom. The number of aliphatic imine (C=N–C) groups is 1.